The highest BCUT2D eigenvalue weighted by molar-refractivity contribution is 5.79. The zero-order valence-electron chi connectivity index (χ0n) is 10.5. The molecule has 1 atom stereocenters. The first-order valence-corrected chi connectivity index (χ1v) is 6.73. The highest BCUT2D eigenvalue weighted by atomic mass is 16.2. The maximum absolute atomic E-state index is 11.9. The maximum atomic E-state index is 11.9. The zero-order valence-corrected chi connectivity index (χ0v) is 10.5. The molecule has 1 amide bonds. The van der Waals surface area contributed by atoms with Crippen LogP contribution in [0.5, 0.6) is 0 Å². The van der Waals surface area contributed by atoms with Gasteiger partial charge in [0.25, 0.3) is 0 Å². The summed E-state index contributed by atoms with van der Waals surface area (Å²) in [6.45, 7) is 2.84. The Labute approximate surface area is 107 Å². The molecule has 96 valence electrons. The molecule has 1 unspecified atom stereocenters. The van der Waals surface area contributed by atoms with Crippen molar-refractivity contribution in [3.05, 3.63) is 30.1 Å². The standard InChI is InChI=1S/C14H19N3O/c18-14(16-13-1-2-13)12-5-8-17(10-12)9-11-3-6-15-7-4-11/h3-4,6-7,12-13H,1-2,5,8-10H2,(H,16,18). The van der Waals surface area contributed by atoms with E-state index in [0.717, 1.165) is 26.1 Å². The molecular weight excluding hydrogens is 226 g/mol. The minimum Gasteiger partial charge on any atom is -0.353 e. The monoisotopic (exact) mass is 245 g/mol. The number of likely N-dealkylation sites (tertiary alicyclic amines) is 1. The molecule has 2 aliphatic rings. The number of hydrogen-bond acceptors (Lipinski definition) is 3. The van der Waals surface area contributed by atoms with Gasteiger partial charge in [-0.25, -0.2) is 0 Å². The van der Waals surface area contributed by atoms with Gasteiger partial charge < -0.3 is 5.32 Å². The molecule has 4 heteroatoms. The van der Waals surface area contributed by atoms with E-state index in [1.54, 1.807) is 0 Å². The Morgan fingerprint density at radius 2 is 2.11 bits per heavy atom. The lowest BCUT2D eigenvalue weighted by atomic mass is 10.1. The number of carbonyl (C=O) groups is 1. The first-order valence-electron chi connectivity index (χ1n) is 6.73. The van der Waals surface area contributed by atoms with Crippen molar-refractivity contribution in [1.82, 2.24) is 15.2 Å². The summed E-state index contributed by atoms with van der Waals surface area (Å²) < 4.78 is 0. The summed E-state index contributed by atoms with van der Waals surface area (Å²) in [7, 11) is 0. The lowest BCUT2D eigenvalue weighted by molar-refractivity contribution is -0.124. The molecule has 2 heterocycles. The van der Waals surface area contributed by atoms with Crippen molar-refractivity contribution in [2.45, 2.75) is 31.8 Å². The molecule has 1 aromatic heterocycles. The molecule has 1 aliphatic carbocycles. The number of pyridine rings is 1. The van der Waals surface area contributed by atoms with E-state index < -0.39 is 0 Å². The number of nitrogens with one attached hydrogen (secondary N) is 1. The van der Waals surface area contributed by atoms with E-state index in [1.807, 2.05) is 24.5 Å². The van der Waals surface area contributed by atoms with Gasteiger partial charge in [0.15, 0.2) is 0 Å². The number of rotatable bonds is 4. The Morgan fingerprint density at radius 1 is 1.33 bits per heavy atom. The molecule has 1 aliphatic heterocycles. The molecule has 2 fully saturated rings. The van der Waals surface area contributed by atoms with Crippen molar-refractivity contribution in [3.8, 4) is 0 Å². The van der Waals surface area contributed by atoms with E-state index in [0.29, 0.717) is 6.04 Å². The summed E-state index contributed by atoms with van der Waals surface area (Å²) in [6, 6.07) is 4.56. The molecule has 0 spiro atoms. The molecule has 1 N–H and O–H groups in total. The molecule has 1 aromatic rings. The highest BCUT2D eigenvalue weighted by Gasteiger charge is 2.31. The second kappa shape index (κ2) is 5.06. The summed E-state index contributed by atoms with van der Waals surface area (Å²) in [5.41, 5.74) is 1.27. The number of amides is 1. The summed E-state index contributed by atoms with van der Waals surface area (Å²) in [6.07, 6.45) is 6.97. The molecule has 0 bridgehead atoms. The molecule has 0 aromatic carbocycles. The first-order chi connectivity index (χ1) is 8.81. The summed E-state index contributed by atoms with van der Waals surface area (Å²) >= 11 is 0. The number of hydrogen-bond donors (Lipinski definition) is 1. The molecule has 0 radical (unpaired) electrons. The van der Waals surface area contributed by atoms with Gasteiger partial charge in [0, 0.05) is 31.5 Å². The van der Waals surface area contributed by atoms with Crippen LogP contribution in [0.2, 0.25) is 0 Å². The Balaban J connectivity index is 1.50. The Hall–Kier alpha value is -1.42. The topological polar surface area (TPSA) is 45.2 Å². The largest absolute Gasteiger partial charge is 0.353 e. The molecule has 18 heavy (non-hydrogen) atoms. The van der Waals surface area contributed by atoms with Crippen LogP contribution >= 0.6 is 0 Å². The van der Waals surface area contributed by atoms with Gasteiger partial charge in [0.2, 0.25) is 5.91 Å². The third-order valence-electron chi connectivity index (χ3n) is 3.72. The third-order valence-corrected chi connectivity index (χ3v) is 3.72. The van der Waals surface area contributed by atoms with Crippen LogP contribution in [0.4, 0.5) is 0 Å². The van der Waals surface area contributed by atoms with Crippen molar-refractivity contribution in [1.29, 1.82) is 0 Å². The van der Waals surface area contributed by atoms with E-state index in [-0.39, 0.29) is 11.8 Å². The van der Waals surface area contributed by atoms with Crippen LogP contribution in [0, 0.1) is 5.92 Å². The average Bonchev–Trinajstić information content (AvgIpc) is 3.07. The number of carbonyl (C=O) groups excluding carboxylic acids is 1. The van der Waals surface area contributed by atoms with Crippen molar-refractivity contribution < 1.29 is 4.79 Å². The quantitative estimate of drug-likeness (QED) is 0.866. The van der Waals surface area contributed by atoms with Crippen LogP contribution in [0.3, 0.4) is 0 Å². The van der Waals surface area contributed by atoms with Gasteiger partial charge in [-0.15, -0.1) is 0 Å². The third kappa shape index (κ3) is 2.88. The average molecular weight is 245 g/mol. The smallest absolute Gasteiger partial charge is 0.224 e. The van der Waals surface area contributed by atoms with E-state index in [1.165, 1.54) is 18.4 Å². The molecule has 4 nitrogen and oxygen atoms in total. The van der Waals surface area contributed by atoms with Crippen molar-refractivity contribution in [3.63, 3.8) is 0 Å². The minimum atomic E-state index is 0.187. The number of aromatic nitrogens is 1. The molecule has 1 saturated carbocycles. The van der Waals surface area contributed by atoms with Crippen LogP contribution < -0.4 is 5.32 Å². The van der Waals surface area contributed by atoms with E-state index in [2.05, 4.69) is 15.2 Å². The lowest BCUT2D eigenvalue weighted by Crippen LogP contribution is -2.34. The van der Waals surface area contributed by atoms with Gasteiger partial charge in [0.1, 0.15) is 0 Å². The first kappa shape index (κ1) is 11.7. The maximum Gasteiger partial charge on any atom is 0.224 e. The van der Waals surface area contributed by atoms with Crippen LogP contribution in [0.25, 0.3) is 0 Å². The summed E-state index contributed by atoms with van der Waals surface area (Å²) in [4.78, 5) is 18.3. The van der Waals surface area contributed by atoms with Gasteiger partial charge in [-0.2, -0.15) is 0 Å². The minimum absolute atomic E-state index is 0.187. The van der Waals surface area contributed by atoms with Crippen molar-refractivity contribution >= 4 is 5.91 Å². The van der Waals surface area contributed by atoms with Gasteiger partial charge in [-0.1, -0.05) is 0 Å². The van der Waals surface area contributed by atoms with Crippen LogP contribution in [-0.2, 0) is 11.3 Å². The molecule has 1 saturated heterocycles. The SMILES string of the molecule is O=C(NC1CC1)C1CCN(Cc2ccncc2)C1. The van der Waals surface area contributed by atoms with Crippen molar-refractivity contribution in [2.24, 2.45) is 5.92 Å². The number of nitrogens with zero attached hydrogens (tertiary/aromatic N) is 2. The summed E-state index contributed by atoms with van der Waals surface area (Å²) in [5.74, 6) is 0.446. The normalized spacial score (nSPS) is 24.1. The fraction of sp³-hybridized carbons (Fsp3) is 0.571. The van der Waals surface area contributed by atoms with Crippen LogP contribution in [0.15, 0.2) is 24.5 Å². The van der Waals surface area contributed by atoms with Gasteiger partial charge >= 0.3 is 0 Å². The van der Waals surface area contributed by atoms with Crippen LogP contribution in [-0.4, -0.2) is 34.9 Å². The van der Waals surface area contributed by atoms with Gasteiger partial charge in [-0.3, -0.25) is 14.7 Å². The predicted molar refractivity (Wildman–Crippen MR) is 68.8 cm³/mol. The van der Waals surface area contributed by atoms with Gasteiger partial charge in [-0.05, 0) is 43.5 Å². The van der Waals surface area contributed by atoms with E-state index in [4.69, 9.17) is 0 Å². The highest BCUT2D eigenvalue weighted by Crippen LogP contribution is 2.22. The predicted octanol–water partition coefficient (Wildman–Crippen LogP) is 1.18. The second-order valence-corrected chi connectivity index (χ2v) is 5.36. The Morgan fingerprint density at radius 3 is 2.83 bits per heavy atom. The second-order valence-electron chi connectivity index (χ2n) is 5.36. The van der Waals surface area contributed by atoms with Crippen molar-refractivity contribution in [2.75, 3.05) is 13.1 Å². The summed E-state index contributed by atoms with van der Waals surface area (Å²) in [5, 5.41) is 3.10. The molecule has 3 rings (SSSR count). The Bertz CT molecular complexity index is 416. The van der Waals surface area contributed by atoms with Crippen LogP contribution in [0.1, 0.15) is 24.8 Å². The van der Waals surface area contributed by atoms with Gasteiger partial charge in [0.05, 0.1) is 5.92 Å². The fourth-order valence-electron chi connectivity index (χ4n) is 2.48. The fourth-order valence-corrected chi connectivity index (χ4v) is 2.48. The van der Waals surface area contributed by atoms with E-state index >= 15 is 0 Å². The Kier molecular flexibility index (Phi) is 3.28. The molecular formula is C14H19N3O. The lowest BCUT2D eigenvalue weighted by Gasteiger charge is -2.15. The van der Waals surface area contributed by atoms with E-state index in [9.17, 15) is 4.79 Å². The zero-order chi connectivity index (χ0) is 12.4.